The Bertz CT molecular complexity index is 701. The molecular weight excluding hydrogens is 294 g/mol. The van der Waals surface area contributed by atoms with Gasteiger partial charge in [-0.25, -0.2) is 0 Å². The third kappa shape index (κ3) is 4.06. The third-order valence-corrected chi connectivity index (χ3v) is 3.66. The van der Waals surface area contributed by atoms with E-state index in [0.717, 1.165) is 5.56 Å². The number of nitro groups is 1. The quantitative estimate of drug-likeness (QED) is 0.633. The molecule has 2 aromatic carbocycles. The van der Waals surface area contributed by atoms with Crippen molar-refractivity contribution in [2.45, 2.75) is 12.8 Å². The van der Waals surface area contributed by atoms with Crippen molar-refractivity contribution >= 4 is 17.3 Å². The maximum absolute atomic E-state index is 12.2. The average molecular weight is 313 g/mol. The summed E-state index contributed by atoms with van der Waals surface area (Å²) in [4.78, 5) is 22.7. The van der Waals surface area contributed by atoms with E-state index in [2.05, 4.69) is 10.6 Å². The third-order valence-electron chi connectivity index (χ3n) is 3.66. The predicted octanol–water partition coefficient (Wildman–Crippen LogP) is 3.17. The molecule has 120 valence electrons. The lowest BCUT2D eigenvalue weighted by molar-refractivity contribution is -0.384. The van der Waals surface area contributed by atoms with Crippen LogP contribution in [0, 0.1) is 10.1 Å². The molecule has 6 heteroatoms. The van der Waals surface area contributed by atoms with Crippen LogP contribution in [0.15, 0.2) is 48.5 Å². The van der Waals surface area contributed by atoms with Crippen molar-refractivity contribution < 1.29 is 9.72 Å². The van der Waals surface area contributed by atoms with Gasteiger partial charge in [0.2, 0.25) is 0 Å². The Labute approximate surface area is 134 Å². The predicted molar refractivity (Wildman–Crippen MR) is 89.8 cm³/mol. The second-order valence-corrected chi connectivity index (χ2v) is 5.26. The van der Waals surface area contributed by atoms with Crippen LogP contribution in [0.25, 0.3) is 0 Å². The van der Waals surface area contributed by atoms with Gasteiger partial charge in [-0.2, -0.15) is 0 Å². The van der Waals surface area contributed by atoms with Crippen LogP contribution in [0.5, 0.6) is 0 Å². The van der Waals surface area contributed by atoms with Crippen LogP contribution in [0.3, 0.4) is 0 Å². The second-order valence-electron chi connectivity index (χ2n) is 5.26. The van der Waals surface area contributed by atoms with Gasteiger partial charge in [0.05, 0.1) is 4.92 Å². The summed E-state index contributed by atoms with van der Waals surface area (Å²) >= 11 is 0. The highest BCUT2D eigenvalue weighted by molar-refractivity contribution is 5.95. The molecule has 0 spiro atoms. The molecule has 0 aliphatic heterocycles. The molecule has 0 unspecified atom stereocenters. The SMILES string of the molecule is CNc1ccc(C(=O)NC[C@H](C)c2ccccc2)cc1[N+](=O)[O-]. The summed E-state index contributed by atoms with van der Waals surface area (Å²) < 4.78 is 0. The van der Waals surface area contributed by atoms with Crippen molar-refractivity contribution in [3.8, 4) is 0 Å². The van der Waals surface area contributed by atoms with Gasteiger partial charge in [-0.05, 0) is 23.6 Å². The fourth-order valence-electron chi connectivity index (χ4n) is 2.28. The van der Waals surface area contributed by atoms with Crippen molar-refractivity contribution in [1.29, 1.82) is 0 Å². The second kappa shape index (κ2) is 7.40. The van der Waals surface area contributed by atoms with Crippen molar-refractivity contribution in [2.24, 2.45) is 0 Å². The zero-order valence-corrected chi connectivity index (χ0v) is 13.1. The molecule has 6 nitrogen and oxygen atoms in total. The summed E-state index contributed by atoms with van der Waals surface area (Å²) in [5.41, 5.74) is 1.67. The number of nitrogens with zero attached hydrogens (tertiary/aromatic N) is 1. The van der Waals surface area contributed by atoms with Gasteiger partial charge in [0.15, 0.2) is 0 Å². The highest BCUT2D eigenvalue weighted by Crippen LogP contribution is 2.25. The number of hydrogen-bond donors (Lipinski definition) is 2. The lowest BCUT2D eigenvalue weighted by atomic mass is 10.0. The molecule has 0 bridgehead atoms. The molecule has 0 saturated heterocycles. The molecule has 0 aromatic heterocycles. The van der Waals surface area contributed by atoms with Gasteiger partial charge >= 0.3 is 0 Å². The fraction of sp³-hybridized carbons (Fsp3) is 0.235. The number of carbonyl (C=O) groups is 1. The van der Waals surface area contributed by atoms with Crippen molar-refractivity contribution in [3.05, 3.63) is 69.8 Å². The average Bonchev–Trinajstić information content (AvgIpc) is 2.59. The molecule has 2 rings (SSSR count). The first-order valence-electron chi connectivity index (χ1n) is 7.32. The highest BCUT2D eigenvalue weighted by Gasteiger charge is 2.17. The molecule has 0 aliphatic rings. The van der Waals surface area contributed by atoms with Gasteiger partial charge in [0.1, 0.15) is 5.69 Å². The van der Waals surface area contributed by atoms with Gasteiger partial charge in [0.25, 0.3) is 11.6 Å². The van der Waals surface area contributed by atoms with Gasteiger partial charge in [0, 0.05) is 25.2 Å². The molecule has 2 aromatic rings. The van der Waals surface area contributed by atoms with Crippen LogP contribution >= 0.6 is 0 Å². The molecule has 0 saturated carbocycles. The van der Waals surface area contributed by atoms with Crippen LogP contribution in [0.1, 0.15) is 28.8 Å². The van der Waals surface area contributed by atoms with Gasteiger partial charge in [-0.15, -0.1) is 0 Å². The Kier molecular flexibility index (Phi) is 5.30. The van der Waals surface area contributed by atoms with E-state index in [-0.39, 0.29) is 23.1 Å². The monoisotopic (exact) mass is 313 g/mol. The summed E-state index contributed by atoms with van der Waals surface area (Å²) in [5.74, 6) is -0.162. The van der Waals surface area contributed by atoms with E-state index in [4.69, 9.17) is 0 Å². The Morgan fingerprint density at radius 2 is 1.91 bits per heavy atom. The van der Waals surface area contributed by atoms with E-state index < -0.39 is 4.92 Å². The van der Waals surface area contributed by atoms with Gasteiger partial charge in [-0.1, -0.05) is 37.3 Å². The maximum Gasteiger partial charge on any atom is 0.293 e. The molecule has 1 amide bonds. The molecule has 0 aliphatic carbocycles. The van der Waals surface area contributed by atoms with Crippen molar-refractivity contribution in [3.63, 3.8) is 0 Å². The van der Waals surface area contributed by atoms with Crippen LogP contribution < -0.4 is 10.6 Å². The normalized spacial score (nSPS) is 11.6. The number of nitro benzene ring substituents is 1. The fourth-order valence-corrected chi connectivity index (χ4v) is 2.28. The van der Waals surface area contributed by atoms with Crippen LogP contribution in [-0.4, -0.2) is 24.4 Å². The molecule has 0 fully saturated rings. The Morgan fingerprint density at radius 3 is 2.52 bits per heavy atom. The minimum Gasteiger partial charge on any atom is -0.383 e. The standard InChI is InChI=1S/C17H19N3O3/c1-12(13-6-4-3-5-7-13)11-19-17(21)14-8-9-15(18-2)16(10-14)20(22)23/h3-10,12,18H,11H2,1-2H3,(H,19,21)/t12-/m0/s1. The first-order chi connectivity index (χ1) is 11.0. The molecule has 0 heterocycles. The summed E-state index contributed by atoms with van der Waals surface area (Å²) in [6.07, 6.45) is 0. The number of rotatable bonds is 6. The first-order valence-corrected chi connectivity index (χ1v) is 7.32. The largest absolute Gasteiger partial charge is 0.383 e. The van der Waals surface area contributed by atoms with Crippen molar-refractivity contribution in [1.82, 2.24) is 5.32 Å². The van der Waals surface area contributed by atoms with Crippen LogP contribution in [0.4, 0.5) is 11.4 Å². The van der Waals surface area contributed by atoms with Gasteiger partial charge in [-0.3, -0.25) is 14.9 Å². The van der Waals surface area contributed by atoms with E-state index in [9.17, 15) is 14.9 Å². The summed E-state index contributed by atoms with van der Waals surface area (Å²) in [6, 6.07) is 14.2. The van der Waals surface area contributed by atoms with Gasteiger partial charge < -0.3 is 10.6 Å². The lowest BCUT2D eigenvalue weighted by Crippen LogP contribution is -2.27. The molecule has 2 N–H and O–H groups in total. The number of benzene rings is 2. The summed E-state index contributed by atoms with van der Waals surface area (Å²) in [7, 11) is 1.60. The minimum absolute atomic E-state index is 0.115. The minimum atomic E-state index is -0.505. The zero-order chi connectivity index (χ0) is 16.8. The number of hydrogen-bond acceptors (Lipinski definition) is 4. The number of nitrogens with one attached hydrogen (secondary N) is 2. The molecule has 1 atom stereocenters. The van der Waals surface area contributed by atoms with E-state index >= 15 is 0 Å². The molecular formula is C17H19N3O3. The van der Waals surface area contributed by atoms with E-state index in [1.54, 1.807) is 13.1 Å². The van der Waals surface area contributed by atoms with E-state index in [1.807, 2.05) is 37.3 Å². The highest BCUT2D eigenvalue weighted by atomic mass is 16.6. The van der Waals surface area contributed by atoms with Crippen LogP contribution in [0.2, 0.25) is 0 Å². The number of carbonyl (C=O) groups excluding carboxylic acids is 1. The first kappa shape index (κ1) is 16.5. The summed E-state index contributed by atoms with van der Waals surface area (Å²) in [6.45, 7) is 2.48. The molecule has 23 heavy (non-hydrogen) atoms. The smallest absolute Gasteiger partial charge is 0.293 e. The zero-order valence-electron chi connectivity index (χ0n) is 13.1. The number of amides is 1. The maximum atomic E-state index is 12.2. The van der Waals surface area contributed by atoms with Crippen molar-refractivity contribution in [2.75, 3.05) is 18.9 Å². The topological polar surface area (TPSA) is 84.3 Å². The molecule has 0 radical (unpaired) electrons. The van der Waals surface area contributed by atoms with E-state index in [0.29, 0.717) is 12.2 Å². The lowest BCUT2D eigenvalue weighted by Gasteiger charge is -2.13. The van der Waals surface area contributed by atoms with E-state index in [1.165, 1.54) is 12.1 Å². The van der Waals surface area contributed by atoms with Crippen LogP contribution in [-0.2, 0) is 0 Å². The number of anilines is 1. The Balaban J connectivity index is 2.06. The Hall–Kier alpha value is -2.89. The Morgan fingerprint density at radius 1 is 1.22 bits per heavy atom. The summed E-state index contributed by atoms with van der Waals surface area (Å²) in [5, 5.41) is 16.6.